The Hall–Kier alpha value is -4.99. The van der Waals surface area contributed by atoms with Crippen molar-refractivity contribution in [2.45, 2.75) is 153 Å². The molecule has 11 aliphatic rings. The van der Waals surface area contributed by atoms with Crippen LogP contribution in [0, 0.1) is 34.5 Å². The number of rotatable bonds is 13. The molecule has 7 bridgehead atoms. The zero-order chi connectivity index (χ0) is 56.5. The summed E-state index contributed by atoms with van der Waals surface area (Å²) in [6.07, 6.45) is 11.2. The number of benzene rings is 1. The Bertz CT molecular complexity index is 3080. The number of nitrogens with one attached hydrogen (secondary N) is 2. The predicted molar refractivity (Wildman–Crippen MR) is 305 cm³/mol. The fraction of sp³-hybridized carbons (Fsp3) is 0.698. The number of fused-ring (bicyclic) bond motifs is 4. The number of amides is 2. The molecule has 0 unspecified atom stereocenters. The van der Waals surface area contributed by atoms with Gasteiger partial charge in [0.2, 0.25) is 11.8 Å². The van der Waals surface area contributed by atoms with Gasteiger partial charge in [0.05, 0.1) is 73.6 Å². The van der Waals surface area contributed by atoms with Crippen molar-refractivity contribution in [2.24, 2.45) is 34.5 Å². The van der Waals surface area contributed by atoms with E-state index in [1.807, 2.05) is 6.20 Å². The lowest BCUT2D eigenvalue weighted by Crippen LogP contribution is -2.76. The zero-order valence-electron chi connectivity index (χ0n) is 49.2. The summed E-state index contributed by atoms with van der Waals surface area (Å²) in [5.41, 5.74) is 8.97. The van der Waals surface area contributed by atoms with Crippen molar-refractivity contribution >= 4 is 34.4 Å². The lowest BCUT2D eigenvalue weighted by atomic mass is 9.66. The van der Waals surface area contributed by atoms with Crippen LogP contribution in [-0.2, 0) is 55.8 Å². The summed E-state index contributed by atoms with van der Waals surface area (Å²) < 4.78 is 46.6. The van der Waals surface area contributed by atoms with Gasteiger partial charge >= 0.3 is 5.97 Å². The third-order valence-corrected chi connectivity index (χ3v) is 20.5. The van der Waals surface area contributed by atoms with E-state index in [1.54, 1.807) is 18.4 Å². The lowest BCUT2D eigenvalue weighted by molar-refractivity contribution is -0.205. The fourth-order valence-corrected chi connectivity index (χ4v) is 15.7. The van der Waals surface area contributed by atoms with Crippen LogP contribution in [0.1, 0.15) is 122 Å². The van der Waals surface area contributed by atoms with Crippen molar-refractivity contribution in [1.82, 2.24) is 40.1 Å². The maximum absolute atomic E-state index is 15.6. The molecule has 7 saturated heterocycles. The van der Waals surface area contributed by atoms with Gasteiger partial charge in [0.25, 0.3) is 5.91 Å². The number of carbonyl (C=O) groups excluding carboxylic acids is 3. The summed E-state index contributed by atoms with van der Waals surface area (Å²) in [7, 11) is 1.74. The summed E-state index contributed by atoms with van der Waals surface area (Å²) >= 11 is 0. The Labute approximate surface area is 481 Å². The molecule has 82 heavy (non-hydrogen) atoms. The first-order chi connectivity index (χ1) is 39.5. The molecule has 2 N–H and O–H groups in total. The number of carbonyl (C=O) groups is 3. The number of cyclic esters (lactones) is 1. The van der Waals surface area contributed by atoms with Crippen LogP contribution >= 0.6 is 0 Å². The normalized spacial score (nSPS) is 32.8. The quantitative estimate of drug-likeness (QED) is 0.132. The lowest BCUT2D eigenvalue weighted by Gasteiger charge is -2.58. The molecule has 19 nitrogen and oxygen atoms in total. The molecule has 19 heteroatoms. The summed E-state index contributed by atoms with van der Waals surface area (Å²) in [6, 6.07) is 7.72. The van der Waals surface area contributed by atoms with E-state index in [2.05, 4.69) is 95.8 Å². The Morgan fingerprint density at radius 1 is 0.963 bits per heavy atom. The average molecular weight is 1130 g/mol. The summed E-state index contributed by atoms with van der Waals surface area (Å²) in [6.45, 7) is 22.1. The predicted octanol–water partition coefficient (Wildman–Crippen LogP) is 6.86. The highest BCUT2D eigenvalue weighted by Crippen LogP contribution is 2.53. The number of aromatic nitrogens is 3. The highest BCUT2D eigenvalue weighted by molar-refractivity contribution is 5.96. The fourth-order valence-electron chi connectivity index (χ4n) is 15.7. The Morgan fingerprint density at radius 3 is 2.49 bits per heavy atom. The average Bonchev–Trinajstić information content (AvgIpc) is 3.52. The molecule has 2 amide bonds. The van der Waals surface area contributed by atoms with Crippen LogP contribution in [0.25, 0.3) is 33.4 Å². The Kier molecular flexibility index (Phi) is 14.0. The first-order valence-corrected chi connectivity index (χ1v) is 30.9. The molecule has 8 aliphatic heterocycles. The number of hydrogen-bond acceptors (Lipinski definition) is 16. The number of anilines is 1. The van der Waals surface area contributed by atoms with Crippen molar-refractivity contribution in [3.05, 3.63) is 53.9 Å². The van der Waals surface area contributed by atoms with E-state index in [4.69, 9.17) is 42.8 Å². The molecule has 3 saturated carbocycles. The second-order valence-corrected chi connectivity index (χ2v) is 27.8. The van der Waals surface area contributed by atoms with Gasteiger partial charge in [0.1, 0.15) is 29.6 Å². The molecular formula is C63H85N9O10. The van der Waals surface area contributed by atoms with E-state index in [0.29, 0.717) is 96.1 Å². The molecule has 3 aromatic heterocycles. The number of methoxy groups -OCH3 is 1. The molecule has 3 aliphatic carbocycles. The van der Waals surface area contributed by atoms with Gasteiger partial charge in [0.15, 0.2) is 0 Å². The molecule has 8 atom stereocenters. The number of likely N-dealkylation sites (tertiary alicyclic amines) is 1. The monoisotopic (exact) mass is 1130 g/mol. The number of ether oxygens (including phenoxy) is 6. The first-order valence-electron chi connectivity index (χ1n) is 30.9. The number of oxazole rings is 1. The van der Waals surface area contributed by atoms with Gasteiger partial charge in [0, 0.05) is 130 Å². The molecule has 15 rings (SSSR count). The van der Waals surface area contributed by atoms with Crippen LogP contribution in [0.2, 0.25) is 0 Å². The summed E-state index contributed by atoms with van der Waals surface area (Å²) in [5, 5.41) is 5.94. The second-order valence-electron chi connectivity index (χ2n) is 27.8. The number of hydrogen-bond donors (Lipinski definition) is 2. The van der Waals surface area contributed by atoms with Gasteiger partial charge in [-0.25, -0.2) is 15.2 Å². The highest BCUT2D eigenvalue weighted by atomic mass is 16.5. The minimum atomic E-state index is -1.10. The van der Waals surface area contributed by atoms with Gasteiger partial charge in [-0.2, -0.15) is 0 Å². The van der Waals surface area contributed by atoms with Crippen LogP contribution in [0.5, 0.6) is 0 Å². The molecule has 11 heterocycles. The minimum absolute atomic E-state index is 0.0249. The van der Waals surface area contributed by atoms with E-state index in [1.165, 1.54) is 12.8 Å². The summed E-state index contributed by atoms with van der Waals surface area (Å²) in [5.74, 6) is -0.581. The molecule has 442 valence electrons. The van der Waals surface area contributed by atoms with E-state index >= 15 is 4.79 Å². The molecule has 1 aromatic carbocycles. The third kappa shape index (κ3) is 10.1. The number of hydrazine groups is 1. The van der Waals surface area contributed by atoms with Gasteiger partial charge in [-0.05, 0) is 108 Å². The molecule has 2 spiro atoms. The van der Waals surface area contributed by atoms with E-state index in [-0.39, 0.29) is 77.4 Å². The number of esters is 1. The van der Waals surface area contributed by atoms with Crippen LogP contribution in [0.15, 0.2) is 41.1 Å². The van der Waals surface area contributed by atoms with Crippen molar-refractivity contribution in [3.8, 4) is 22.5 Å². The SMILES string of the molecule is CO[C@@H](C)c1ncc(N2CCN(C3CC3)CC2)cc1-c1c2c3cc(ccc3n1CCO[C@H]1CCOC(C)(C)C1)-c1coc(n1)[C@@H](N1CC3(COC3)C1)[C@H](NC(=O)[C@@H]1[C@@H](C)[C@H]1[C@H]1CCCO1)C(=O)N1CC3CC(C3)(N1)C(=O)OCC(C)(C)C2. The minimum Gasteiger partial charge on any atom is -0.464 e. The second kappa shape index (κ2) is 20.9. The van der Waals surface area contributed by atoms with Crippen molar-refractivity contribution in [2.75, 3.05) is 97.5 Å². The van der Waals surface area contributed by atoms with Gasteiger partial charge in [-0.15, -0.1) is 0 Å². The smallest absolute Gasteiger partial charge is 0.328 e. The maximum Gasteiger partial charge on any atom is 0.328 e. The molecular weight excluding hydrogens is 1040 g/mol. The van der Waals surface area contributed by atoms with Gasteiger partial charge in [-0.1, -0.05) is 26.8 Å². The van der Waals surface area contributed by atoms with E-state index in [0.717, 1.165) is 96.5 Å². The zero-order valence-corrected chi connectivity index (χ0v) is 49.2. The van der Waals surface area contributed by atoms with Crippen LogP contribution < -0.4 is 15.6 Å². The topological polar surface area (TPSA) is 187 Å². The largest absolute Gasteiger partial charge is 0.464 e. The van der Waals surface area contributed by atoms with E-state index < -0.39 is 23.0 Å². The Balaban J connectivity index is 0.901. The molecule has 10 fully saturated rings. The van der Waals surface area contributed by atoms with Gasteiger partial charge in [-0.3, -0.25) is 29.4 Å². The Morgan fingerprint density at radius 2 is 1.77 bits per heavy atom. The van der Waals surface area contributed by atoms with Crippen LogP contribution in [0.4, 0.5) is 5.69 Å². The first kappa shape index (κ1) is 54.9. The molecule has 0 radical (unpaired) electrons. The number of piperazine rings is 1. The summed E-state index contributed by atoms with van der Waals surface area (Å²) in [4.78, 5) is 63.2. The standard InChI is InChI=1S/C63H85N9O10/c1-37-50(49-9-8-20-79-49)51(37)56(73)66-53-55(70-32-62(33-70)35-77-36-62)57-65-47(31-80-57)40-10-13-48-44(23-40)46(28-60(3,4)34-81-59(75)63-25-39(26-63)30-72(67-63)58(53)74)54(71(48)19-22-78-43-14-21-82-61(5,6)27-43)45-24-42(29-64-52(45)38(2)76-7)69-17-15-68(16-18-69)41-11-12-41/h10,13,23-24,29,31,37-39,41,43,49-51,53,55,67H,8-9,11-12,14-22,25-28,30,32-36H2,1-7H3,(H,66,73)/t37-,38-,39?,43-,49+,50-,51+,53-,55-,63?/m0/s1. The van der Waals surface area contributed by atoms with Crippen molar-refractivity contribution in [1.29, 1.82) is 0 Å². The number of nitrogens with zero attached hydrogens (tertiary/aromatic N) is 7. The number of pyridine rings is 1. The third-order valence-electron chi connectivity index (χ3n) is 20.5. The van der Waals surface area contributed by atoms with Crippen LogP contribution in [-0.4, -0.2) is 175 Å². The van der Waals surface area contributed by atoms with Crippen LogP contribution in [0.3, 0.4) is 0 Å². The van der Waals surface area contributed by atoms with Gasteiger partial charge < -0.3 is 47.6 Å². The molecule has 4 aromatic rings. The maximum atomic E-state index is 15.6. The van der Waals surface area contributed by atoms with Crippen molar-refractivity contribution in [3.63, 3.8) is 0 Å². The van der Waals surface area contributed by atoms with E-state index in [9.17, 15) is 9.59 Å². The van der Waals surface area contributed by atoms with Crippen molar-refractivity contribution < 1.29 is 47.2 Å². The highest BCUT2D eigenvalue weighted by Gasteiger charge is 2.61.